The molecular formula is C37H31ClN6O13S. The normalized spacial score (nSPS) is 17.7. The molecule has 2 saturated heterocycles. The van der Waals surface area contributed by atoms with Crippen LogP contribution in [0.2, 0.25) is 0 Å². The van der Waals surface area contributed by atoms with Crippen molar-refractivity contribution in [3.8, 4) is 0 Å². The van der Waals surface area contributed by atoms with E-state index in [1.165, 1.54) is 29.6 Å². The van der Waals surface area contributed by atoms with Crippen molar-refractivity contribution < 1.29 is 57.6 Å². The molecule has 2 N–H and O–H groups in total. The summed E-state index contributed by atoms with van der Waals surface area (Å²) < 4.78 is 16.6. The minimum absolute atomic E-state index is 0.0305. The molecule has 6 rings (SSSR count). The topological polar surface area (TPSA) is 244 Å². The van der Waals surface area contributed by atoms with Crippen LogP contribution in [0.5, 0.6) is 0 Å². The number of nitrogens with zero attached hydrogens (tertiary/aromatic N) is 4. The fraction of sp³-hybridized carbons (Fsp3) is 0.243. The van der Waals surface area contributed by atoms with Gasteiger partial charge in [-0.2, -0.15) is 5.06 Å². The Labute approximate surface area is 336 Å². The van der Waals surface area contributed by atoms with Crippen LogP contribution in [0.25, 0.3) is 0 Å². The lowest BCUT2D eigenvalue weighted by atomic mass is 10.0. The summed E-state index contributed by atoms with van der Waals surface area (Å²) in [4.78, 5) is 104. The van der Waals surface area contributed by atoms with E-state index in [1.54, 1.807) is 60.7 Å². The zero-order valence-electron chi connectivity index (χ0n) is 29.9. The summed E-state index contributed by atoms with van der Waals surface area (Å²) >= 11 is 6.47. The number of nitrogens with one attached hydrogen (secondary N) is 2. The van der Waals surface area contributed by atoms with Crippen LogP contribution < -0.4 is 10.6 Å². The molecule has 0 saturated carbocycles. The number of hydrogen-bond acceptors (Lipinski definition) is 16. The fourth-order valence-electron chi connectivity index (χ4n) is 5.62. The molecule has 3 amide bonds. The Morgan fingerprint density at radius 3 is 2.31 bits per heavy atom. The van der Waals surface area contributed by atoms with E-state index in [2.05, 4.69) is 20.8 Å². The molecule has 1 unspecified atom stereocenters. The van der Waals surface area contributed by atoms with Crippen molar-refractivity contribution in [2.75, 3.05) is 24.4 Å². The number of carbonyl (C=O) groups excluding carboxylic acids is 6. The Hall–Kier alpha value is -6.77. The van der Waals surface area contributed by atoms with Crippen molar-refractivity contribution in [2.45, 2.75) is 37.3 Å². The number of ether oxygens (including phenoxy) is 3. The molecule has 4 aromatic rings. The average Bonchev–Trinajstić information content (AvgIpc) is 3.97. The molecule has 0 radical (unpaired) electrons. The second-order valence-corrected chi connectivity index (χ2v) is 13.5. The zero-order chi connectivity index (χ0) is 41.2. The fourth-order valence-corrected chi connectivity index (χ4v) is 6.40. The summed E-state index contributed by atoms with van der Waals surface area (Å²) in [6.07, 6.45) is -1.53. The maximum Gasteiger partial charge on any atom is 0.376 e. The van der Waals surface area contributed by atoms with E-state index in [4.69, 9.17) is 35.5 Å². The van der Waals surface area contributed by atoms with Crippen molar-refractivity contribution in [2.24, 2.45) is 5.16 Å². The van der Waals surface area contributed by atoms with E-state index in [1.807, 2.05) is 0 Å². The highest BCUT2D eigenvalue weighted by Crippen LogP contribution is 2.38. The Bertz CT molecular complexity index is 2180. The highest BCUT2D eigenvalue weighted by molar-refractivity contribution is 7.14. The summed E-state index contributed by atoms with van der Waals surface area (Å²) in [6, 6.07) is 21.4. The van der Waals surface area contributed by atoms with Gasteiger partial charge in [0.2, 0.25) is 12.5 Å². The standard InChI is InChI=1S/C37H31ClN6O13S/c38-17-28(45)41-36-40-27(21-58-36)31(42-54-20-30(47)53-18-22-11-13-25(14-12-22)44(51)52)33(48)39-26-19-55-43(34(26)49)37(16-15-29(46)57-37)35(50)56-32(23-7-3-1-4-8-23)24-9-5-2-6-10-24/h1-14,21,26,32H,15-20H2,(H,39,48)(H,40,41,45)/t26-,37?/m0/s1. The number of hydroxylamine groups is 2. The third-order valence-electron chi connectivity index (χ3n) is 8.42. The van der Waals surface area contributed by atoms with Gasteiger partial charge in [-0.1, -0.05) is 65.8 Å². The number of aromatic nitrogens is 1. The summed E-state index contributed by atoms with van der Waals surface area (Å²) in [6.45, 7) is -1.57. The Balaban J connectivity index is 1.17. The van der Waals surface area contributed by atoms with Gasteiger partial charge in [-0.05, 0) is 28.8 Å². The number of non-ortho nitro benzene ring substituents is 1. The second-order valence-electron chi connectivity index (χ2n) is 12.3. The average molecular weight is 835 g/mol. The van der Waals surface area contributed by atoms with Crippen molar-refractivity contribution >= 4 is 75.1 Å². The van der Waals surface area contributed by atoms with Crippen LogP contribution in [0.1, 0.15) is 41.3 Å². The van der Waals surface area contributed by atoms with Gasteiger partial charge < -0.3 is 29.7 Å². The van der Waals surface area contributed by atoms with Gasteiger partial charge in [-0.3, -0.25) is 34.1 Å². The second kappa shape index (κ2) is 18.4. The molecular weight excluding hydrogens is 804 g/mol. The van der Waals surface area contributed by atoms with Gasteiger partial charge >= 0.3 is 23.6 Å². The third kappa shape index (κ3) is 9.60. The molecule has 2 aliphatic rings. The molecule has 3 aromatic carbocycles. The Morgan fingerprint density at radius 1 is 1.03 bits per heavy atom. The number of nitro benzene ring substituents is 1. The van der Waals surface area contributed by atoms with E-state index < -0.39 is 77.3 Å². The number of carbonyl (C=O) groups is 6. The number of oxime groups is 1. The first kappa shape index (κ1) is 40.9. The molecule has 2 aliphatic heterocycles. The van der Waals surface area contributed by atoms with Crippen LogP contribution in [0.15, 0.2) is 95.5 Å². The number of hydrogen-bond donors (Lipinski definition) is 2. The summed E-state index contributed by atoms with van der Waals surface area (Å²) in [7, 11) is 0. The lowest BCUT2D eigenvalue weighted by Crippen LogP contribution is -2.57. The number of halogens is 1. The van der Waals surface area contributed by atoms with E-state index in [-0.39, 0.29) is 41.8 Å². The minimum Gasteiger partial charge on any atom is -0.458 e. The molecule has 19 nitrogen and oxygen atoms in total. The molecule has 2 fully saturated rings. The number of rotatable bonds is 16. The van der Waals surface area contributed by atoms with Gasteiger partial charge in [0.1, 0.15) is 30.8 Å². The molecule has 1 aromatic heterocycles. The van der Waals surface area contributed by atoms with Crippen molar-refractivity contribution in [3.05, 3.63) is 123 Å². The van der Waals surface area contributed by atoms with Gasteiger partial charge in [-0.15, -0.1) is 22.9 Å². The highest BCUT2D eigenvalue weighted by Gasteiger charge is 2.60. The van der Waals surface area contributed by atoms with Crippen molar-refractivity contribution in [1.82, 2.24) is 15.4 Å². The minimum atomic E-state index is -2.34. The monoisotopic (exact) mass is 834 g/mol. The third-order valence-corrected chi connectivity index (χ3v) is 9.42. The molecule has 2 atom stereocenters. The van der Waals surface area contributed by atoms with E-state index >= 15 is 0 Å². The molecule has 21 heteroatoms. The van der Waals surface area contributed by atoms with Crippen molar-refractivity contribution in [1.29, 1.82) is 0 Å². The van der Waals surface area contributed by atoms with Gasteiger partial charge in [0.25, 0.3) is 17.5 Å². The number of esters is 3. The van der Waals surface area contributed by atoms with Crippen LogP contribution in [0.3, 0.4) is 0 Å². The number of alkyl halides is 1. The molecule has 0 spiro atoms. The SMILES string of the molecule is O=C(CCl)Nc1nc(C(=NOCC(=O)OCc2ccc([N+](=O)[O-])cc2)C(=O)N[C@H]2CON(C3(C(=O)OC(c4ccccc4)c4ccccc4)CCC(=O)O3)C2=O)cs1. The number of cyclic esters (lactones) is 1. The van der Waals surface area contributed by atoms with E-state index in [0.717, 1.165) is 11.3 Å². The largest absolute Gasteiger partial charge is 0.458 e. The first-order chi connectivity index (χ1) is 28.0. The van der Waals surface area contributed by atoms with Crippen LogP contribution in [-0.4, -0.2) is 87.2 Å². The summed E-state index contributed by atoms with van der Waals surface area (Å²) in [5.74, 6) is -5.82. The van der Waals surface area contributed by atoms with Crippen LogP contribution in [0, 0.1) is 10.1 Å². The molecule has 3 heterocycles. The smallest absolute Gasteiger partial charge is 0.376 e. The first-order valence-corrected chi connectivity index (χ1v) is 18.6. The maximum absolute atomic E-state index is 14.1. The molecule has 0 aliphatic carbocycles. The van der Waals surface area contributed by atoms with E-state index in [9.17, 15) is 38.9 Å². The molecule has 0 bridgehead atoms. The number of amides is 3. The predicted molar refractivity (Wildman–Crippen MR) is 200 cm³/mol. The number of thiazole rings is 1. The summed E-state index contributed by atoms with van der Waals surface area (Å²) in [5, 5.41) is 21.4. The predicted octanol–water partition coefficient (Wildman–Crippen LogP) is 3.32. The quantitative estimate of drug-likeness (QED) is 0.0411. The lowest BCUT2D eigenvalue weighted by molar-refractivity contribution is -0.384. The van der Waals surface area contributed by atoms with Crippen molar-refractivity contribution in [3.63, 3.8) is 0 Å². The molecule has 300 valence electrons. The van der Waals surface area contributed by atoms with E-state index in [0.29, 0.717) is 21.8 Å². The van der Waals surface area contributed by atoms with Gasteiger partial charge in [0.15, 0.2) is 16.9 Å². The number of benzene rings is 3. The zero-order valence-corrected chi connectivity index (χ0v) is 31.5. The maximum atomic E-state index is 14.1. The lowest BCUT2D eigenvalue weighted by Gasteiger charge is -2.34. The number of anilines is 1. The van der Waals surface area contributed by atoms with Gasteiger partial charge in [0.05, 0.1) is 11.3 Å². The Kier molecular flexibility index (Phi) is 13.0. The van der Waals surface area contributed by atoms with Crippen LogP contribution in [-0.2, 0) is 59.3 Å². The van der Waals surface area contributed by atoms with Crippen LogP contribution in [0.4, 0.5) is 10.8 Å². The first-order valence-electron chi connectivity index (χ1n) is 17.2. The number of nitro groups is 1. The highest BCUT2D eigenvalue weighted by atomic mass is 35.5. The van der Waals surface area contributed by atoms with Gasteiger partial charge in [-0.25, -0.2) is 14.6 Å². The van der Waals surface area contributed by atoms with Crippen LogP contribution >= 0.6 is 22.9 Å². The summed E-state index contributed by atoms with van der Waals surface area (Å²) in [5.41, 5.74) is -1.54. The molecule has 58 heavy (non-hydrogen) atoms. The Morgan fingerprint density at radius 2 is 1.71 bits per heavy atom. The van der Waals surface area contributed by atoms with Gasteiger partial charge in [0, 0.05) is 23.9 Å².